The summed E-state index contributed by atoms with van der Waals surface area (Å²) in [5.41, 5.74) is 0.893. The number of hydrogen-bond acceptors (Lipinski definition) is 8. The lowest BCUT2D eigenvalue weighted by Gasteiger charge is -2.10. The predicted molar refractivity (Wildman–Crippen MR) is 116 cm³/mol. The van der Waals surface area contributed by atoms with Crippen LogP contribution < -0.4 is 14.8 Å². The zero-order chi connectivity index (χ0) is 24.5. The van der Waals surface area contributed by atoms with E-state index in [9.17, 15) is 18.4 Å². The zero-order valence-corrected chi connectivity index (χ0v) is 18.7. The number of alkyl halides is 2. The van der Waals surface area contributed by atoms with Gasteiger partial charge in [-0.05, 0) is 48.9 Å². The van der Waals surface area contributed by atoms with Crippen molar-refractivity contribution in [1.82, 2.24) is 15.5 Å². The molecule has 0 aliphatic heterocycles. The Morgan fingerprint density at radius 2 is 1.91 bits per heavy atom. The summed E-state index contributed by atoms with van der Waals surface area (Å²) < 4.78 is 44.5. The van der Waals surface area contributed by atoms with E-state index in [0.29, 0.717) is 22.6 Å². The summed E-state index contributed by atoms with van der Waals surface area (Å²) in [7, 11) is 1.31. The monoisotopic (exact) mass is 495 g/mol. The van der Waals surface area contributed by atoms with Crippen LogP contribution in [0.3, 0.4) is 0 Å². The number of benzene rings is 2. The molecule has 0 atom stereocenters. The summed E-state index contributed by atoms with van der Waals surface area (Å²) in [6.45, 7) is -2.95. The molecule has 1 N–H and O–H groups in total. The Morgan fingerprint density at radius 1 is 1.15 bits per heavy atom. The molecule has 1 amide bonds. The highest BCUT2D eigenvalue weighted by Crippen LogP contribution is 2.32. The minimum Gasteiger partial charge on any atom is -0.493 e. The maximum Gasteiger partial charge on any atom is 0.387 e. The van der Waals surface area contributed by atoms with Gasteiger partial charge in [-0.15, -0.1) is 0 Å². The molecule has 0 spiro atoms. The molecule has 0 unspecified atom stereocenters. The number of rotatable bonds is 11. The third kappa shape index (κ3) is 7.14. The smallest absolute Gasteiger partial charge is 0.387 e. The molecule has 0 fully saturated rings. The van der Waals surface area contributed by atoms with E-state index in [2.05, 4.69) is 20.2 Å². The van der Waals surface area contributed by atoms with Crippen molar-refractivity contribution in [2.24, 2.45) is 0 Å². The lowest BCUT2D eigenvalue weighted by atomic mass is 10.2. The fourth-order valence-corrected chi connectivity index (χ4v) is 2.91. The Balaban J connectivity index is 1.43. The quantitative estimate of drug-likeness (QED) is 0.310. The molecule has 3 rings (SSSR count). The van der Waals surface area contributed by atoms with Gasteiger partial charge in [-0.3, -0.25) is 9.59 Å². The van der Waals surface area contributed by atoms with Crippen molar-refractivity contribution in [3.63, 3.8) is 0 Å². The van der Waals surface area contributed by atoms with Crippen LogP contribution in [-0.4, -0.2) is 42.3 Å². The van der Waals surface area contributed by atoms with Gasteiger partial charge in [0.25, 0.3) is 11.8 Å². The molecule has 2 aromatic carbocycles. The molecule has 0 saturated heterocycles. The second kappa shape index (κ2) is 11.9. The largest absolute Gasteiger partial charge is 0.493 e. The summed E-state index contributed by atoms with van der Waals surface area (Å²) >= 11 is 5.79. The van der Waals surface area contributed by atoms with Gasteiger partial charge in [-0.25, -0.2) is 0 Å². The number of halogens is 3. The number of ether oxygens (including phenoxy) is 3. The summed E-state index contributed by atoms with van der Waals surface area (Å²) in [5, 5.41) is 7.02. The van der Waals surface area contributed by atoms with Crippen LogP contribution in [0.2, 0.25) is 5.02 Å². The van der Waals surface area contributed by atoms with Crippen molar-refractivity contribution in [2.75, 3.05) is 13.7 Å². The highest BCUT2D eigenvalue weighted by molar-refractivity contribution is 6.30. The van der Waals surface area contributed by atoms with E-state index < -0.39 is 12.6 Å². The first-order valence-electron chi connectivity index (χ1n) is 10.0. The van der Waals surface area contributed by atoms with E-state index in [0.717, 1.165) is 0 Å². The number of carbonyl (C=O) groups is 2. The average Bonchev–Trinajstić information content (AvgIpc) is 3.30. The van der Waals surface area contributed by atoms with Crippen LogP contribution in [0.15, 0.2) is 47.0 Å². The van der Waals surface area contributed by atoms with Gasteiger partial charge in [0.15, 0.2) is 18.1 Å². The lowest BCUT2D eigenvalue weighted by Crippen LogP contribution is -2.24. The fourth-order valence-electron chi connectivity index (χ4n) is 2.78. The van der Waals surface area contributed by atoms with Crippen molar-refractivity contribution in [2.45, 2.75) is 26.1 Å². The highest BCUT2D eigenvalue weighted by atomic mass is 35.5. The Hall–Kier alpha value is -3.73. The Labute approximate surface area is 197 Å². The number of carbonyl (C=O) groups excluding carboxylic acids is 2. The molecule has 9 nitrogen and oxygen atoms in total. The first-order valence-corrected chi connectivity index (χ1v) is 10.4. The molecule has 0 aliphatic rings. The molecule has 180 valence electrons. The lowest BCUT2D eigenvalue weighted by molar-refractivity contribution is -0.145. The maximum absolute atomic E-state index is 12.4. The van der Waals surface area contributed by atoms with Gasteiger partial charge in [0.2, 0.25) is 5.82 Å². The van der Waals surface area contributed by atoms with Crippen LogP contribution >= 0.6 is 11.6 Å². The Morgan fingerprint density at radius 3 is 2.62 bits per heavy atom. The van der Waals surface area contributed by atoms with Crippen molar-refractivity contribution >= 4 is 23.5 Å². The zero-order valence-electron chi connectivity index (χ0n) is 17.9. The number of esters is 1. The maximum atomic E-state index is 12.4. The molecule has 1 aromatic heterocycles. The van der Waals surface area contributed by atoms with Gasteiger partial charge >= 0.3 is 12.6 Å². The number of methoxy groups -OCH3 is 1. The Bertz CT molecular complexity index is 1120. The van der Waals surface area contributed by atoms with E-state index in [1.165, 1.54) is 25.3 Å². The fraction of sp³-hybridized carbons (Fsp3) is 0.273. The predicted octanol–water partition coefficient (Wildman–Crippen LogP) is 4.25. The van der Waals surface area contributed by atoms with Gasteiger partial charge in [0.1, 0.15) is 0 Å². The second-order valence-corrected chi connectivity index (χ2v) is 7.22. The topological polar surface area (TPSA) is 113 Å². The minimum atomic E-state index is -2.99. The molecule has 12 heteroatoms. The van der Waals surface area contributed by atoms with Crippen LogP contribution in [0.4, 0.5) is 8.78 Å². The van der Waals surface area contributed by atoms with Crippen molar-refractivity contribution in [1.29, 1.82) is 0 Å². The van der Waals surface area contributed by atoms with Crippen LogP contribution in [0, 0.1) is 0 Å². The minimum absolute atomic E-state index is 0.0475. The van der Waals surface area contributed by atoms with Crippen molar-refractivity contribution in [3.8, 4) is 22.9 Å². The molecule has 0 radical (unpaired) electrons. The molecular weight excluding hydrogens is 476 g/mol. The summed E-state index contributed by atoms with van der Waals surface area (Å²) in [6, 6.07) is 10.6. The van der Waals surface area contributed by atoms with Crippen molar-refractivity contribution < 1.29 is 37.1 Å². The first kappa shape index (κ1) is 24.9. The molecule has 1 heterocycles. The van der Waals surface area contributed by atoms with E-state index in [-0.39, 0.29) is 48.7 Å². The normalized spacial score (nSPS) is 10.7. The van der Waals surface area contributed by atoms with Gasteiger partial charge < -0.3 is 24.1 Å². The summed E-state index contributed by atoms with van der Waals surface area (Å²) in [4.78, 5) is 28.0. The van der Waals surface area contributed by atoms with Crippen LogP contribution in [0.5, 0.6) is 11.5 Å². The number of nitrogens with zero attached hydrogens (tertiary/aromatic N) is 2. The standard InChI is InChI=1S/C22H20ClF2N3O6/c1-31-17-11-14(6-9-16(17)33-22(24)25)20-27-18(34-28-20)12-32-19(29)3-2-10-26-21(30)13-4-7-15(23)8-5-13/h4-9,11,22H,2-3,10,12H2,1H3,(H,26,30). The van der Waals surface area contributed by atoms with E-state index in [1.807, 2.05) is 0 Å². The number of amides is 1. The third-order valence-electron chi connectivity index (χ3n) is 4.41. The van der Waals surface area contributed by atoms with Crippen LogP contribution in [0.25, 0.3) is 11.4 Å². The van der Waals surface area contributed by atoms with E-state index in [4.69, 9.17) is 25.6 Å². The molecule has 0 bridgehead atoms. The highest BCUT2D eigenvalue weighted by Gasteiger charge is 2.16. The van der Waals surface area contributed by atoms with Crippen LogP contribution in [-0.2, 0) is 16.1 Å². The summed E-state index contributed by atoms with van der Waals surface area (Å²) in [6.07, 6.45) is 0.449. The second-order valence-electron chi connectivity index (χ2n) is 6.78. The first-order chi connectivity index (χ1) is 16.4. The Kier molecular flexibility index (Phi) is 8.74. The van der Waals surface area contributed by atoms with E-state index in [1.54, 1.807) is 24.3 Å². The number of hydrogen-bond donors (Lipinski definition) is 1. The van der Waals surface area contributed by atoms with Crippen LogP contribution in [0.1, 0.15) is 29.1 Å². The summed E-state index contributed by atoms with van der Waals surface area (Å²) in [5.74, 6) is -0.643. The molecular formula is C22H20ClF2N3O6. The van der Waals surface area contributed by atoms with E-state index >= 15 is 0 Å². The van der Waals surface area contributed by atoms with Crippen molar-refractivity contribution in [3.05, 3.63) is 58.9 Å². The third-order valence-corrected chi connectivity index (χ3v) is 4.66. The van der Waals surface area contributed by atoms with Gasteiger partial charge in [0, 0.05) is 29.1 Å². The number of aromatic nitrogens is 2. The average molecular weight is 496 g/mol. The van der Waals surface area contributed by atoms with Gasteiger partial charge in [-0.2, -0.15) is 13.8 Å². The number of nitrogens with one attached hydrogen (secondary N) is 1. The molecule has 34 heavy (non-hydrogen) atoms. The molecule has 0 saturated carbocycles. The van der Waals surface area contributed by atoms with Gasteiger partial charge in [0.05, 0.1) is 7.11 Å². The molecule has 3 aromatic rings. The SMILES string of the molecule is COc1cc(-c2noc(COC(=O)CCCNC(=O)c3ccc(Cl)cc3)n2)ccc1OC(F)F. The molecule has 0 aliphatic carbocycles. The van der Waals surface area contributed by atoms with Gasteiger partial charge in [-0.1, -0.05) is 16.8 Å².